The summed E-state index contributed by atoms with van der Waals surface area (Å²) in [5, 5.41) is 4.72. The number of hydrogen-bond acceptors (Lipinski definition) is 4. The summed E-state index contributed by atoms with van der Waals surface area (Å²) in [5.41, 5.74) is -0.517. The van der Waals surface area contributed by atoms with Gasteiger partial charge in [-0.1, -0.05) is 22.0 Å². The summed E-state index contributed by atoms with van der Waals surface area (Å²) in [5.74, 6) is 0.682. The molecular weight excluding hydrogens is 360 g/mol. The number of pyridine rings is 1. The smallest absolute Gasteiger partial charge is 0.407 e. The number of aromatic nitrogens is 1. The summed E-state index contributed by atoms with van der Waals surface area (Å²) < 4.78 is 12.0. The molecule has 23 heavy (non-hydrogen) atoms. The molecule has 0 aliphatic carbocycles. The number of halogens is 1. The van der Waals surface area contributed by atoms with Crippen LogP contribution in [-0.2, 0) is 4.74 Å². The van der Waals surface area contributed by atoms with Crippen LogP contribution >= 0.6 is 15.9 Å². The minimum absolute atomic E-state index is 0.188. The van der Waals surface area contributed by atoms with E-state index in [1.54, 1.807) is 12.4 Å². The maximum absolute atomic E-state index is 11.7. The van der Waals surface area contributed by atoms with Crippen molar-refractivity contribution < 1.29 is 14.3 Å². The van der Waals surface area contributed by atoms with Gasteiger partial charge in [-0.3, -0.25) is 4.98 Å². The van der Waals surface area contributed by atoms with E-state index in [2.05, 4.69) is 26.2 Å². The van der Waals surface area contributed by atoms with E-state index in [9.17, 15) is 4.79 Å². The van der Waals surface area contributed by atoms with Crippen LogP contribution in [0.1, 0.15) is 27.7 Å². The molecule has 0 bridgehead atoms. The summed E-state index contributed by atoms with van der Waals surface area (Å²) in [6.07, 6.45) is 3.01. The third-order valence-electron chi connectivity index (χ3n) is 2.94. The number of rotatable bonds is 4. The van der Waals surface area contributed by atoms with Crippen LogP contribution in [0.3, 0.4) is 0 Å². The Labute approximate surface area is 144 Å². The lowest BCUT2D eigenvalue weighted by Crippen LogP contribution is -2.40. The monoisotopic (exact) mass is 380 g/mol. The molecule has 2 rings (SSSR count). The first-order chi connectivity index (χ1) is 10.7. The second-order valence-corrected chi connectivity index (χ2v) is 7.28. The van der Waals surface area contributed by atoms with Crippen molar-refractivity contribution in [2.24, 2.45) is 0 Å². The molecule has 6 heteroatoms. The van der Waals surface area contributed by atoms with Gasteiger partial charge in [0.25, 0.3) is 0 Å². The number of nitrogens with one attached hydrogen (secondary N) is 1. The highest BCUT2D eigenvalue weighted by molar-refractivity contribution is 9.10. The van der Waals surface area contributed by atoms with E-state index in [4.69, 9.17) is 9.47 Å². The zero-order chi connectivity index (χ0) is 17.0. The molecule has 1 aromatic carbocycles. The Morgan fingerprint density at radius 3 is 2.78 bits per heavy atom. The number of hydrogen-bond donors (Lipinski definition) is 1. The van der Waals surface area contributed by atoms with Crippen LogP contribution in [0.15, 0.2) is 35.1 Å². The van der Waals surface area contributed by atoms with Gasteiger partial charge >= 0.3 is 6.09 Å². The van der Waals surface area contributed by atoms with Crippen LogP contribution in [0.5, 0.6) is 5.75 Å². The Kier molecular flexibility index (Phi) is 5.46. The fourth-order valence-corrected chi connectivity index (χ4v) is 2.35. The van der Waals surface area contributed by atoms with Gasteiger partial charge in [0.15, 0.2) is 0 Å². The predicted molar refractivity (Wildman–Crippen MR) is 93.8 cm³/mol. The SMILES string of the molecule is CC(COc1cncc2ccc(Br)cc12)NC(=O)OC(C)(C)C. The molecule has 2 aromatic rings. The maximum atomic E-state index is 11.7. The highest BCUT2D eigenvalue weighted by Crippen LogP contribution is 2.27. The second-order valence-electron chi connectivity index (χ2n) is 6.36. The fraction of sp³-hybridized carbons (Fsp3) is 0.412. The van der Waals surface area contributed by atoms with E-state index in [1.165, 1.54) is 0 Å². The number of fused-ring (bicyclic) bond motifs is 1. The van der Waals surface area contributed by atoms with E-state index in [0.717, 1.165) is 15.2 Å². The Balaban J connectivity index is 1.98. The molecule has 0 saturated carbocycles. The van der Waals surface area contributed by atoms with Crippen LogP contribution in [0.25, 0.3) is 10.8 Å². The van der Waals surface area contributed by atoms with Crippen LogP contribution in [0, 0.1) is 0 Å². The molecule has 5 nitrogen and oxygen atoms in total. The van der Waals surface area contributed by atoms with E-state index >= 15 is 0 Å². The van der Waals surface area contributed by atoms with Gasteiger partial charge in [-0.05, 0) is 39.8 Å². The molecule has 1 unspecified atom stereocenters. The normalized spacial score (nSPS) is 12.7. The molecule has 0 fully saturated rings. The number of carbonyl (C=O) groups excluding carboxylic acids is 1. The van der Waals surface area contributed by atoms with Gasteiger partial charge < -0.3 is 14.8 Å². The van der Waals surface area contributed by atoms with Gasteiger partial charge in [-0.2, -0.15) is 0 Å². The fourth-order valence-electron chi connectivity index (χ4n) is 1.99. The average molecular weight is 381 g/mol. The lowest BCUT2D eigenvalue weighted by molar-refractivity contribution is 0.0494. The van der Waals surface area contributed by atoms with Crippen LogP contribution < -0.4 is 10.1 Å². The van der Waals surface area contributed by atoms with Crippen LogP contribution in [0.2, 0.25) is 0 Å². The van der Waals surface area contributed by atoms with Crippen molar-refractivity contribution >= 4 is 32.8 Å². The van der Waals surface area contributed by atoms with Crippen molar-refractivity contribution in [3.8, 4) is 5.75 Å². The van der Waals surface area contributed by atoms with Gasteiger partial charge in [0, 0.05) is 21.4 Å². The number of amides is 1. The van der Waals surface area contributed by atoms with Gasteiger partial charge in [0.1, 0.15) is 18.0 Å². The summed E-state index contributed by atoms with van der Waals surface area (Å²) in [6, 6.07) is 5.73. The first-order valence-corrected chi connectivity index (χ1v) is 8.19. The molecule has 0 spiro atoms. The van der Waals surface area contributed by atoms with E-state index in [0.29, 0.717) is 12.4 Å². The highest BCUT2D eigenvalue weighted by Gasteiger charge is 2.18. The summed E-state index contributed by atoms with van der Waals surface area (Å²) in [4.78, 5) is 15.9. The number of alkyl carbamates (subject to hydrolysis) is 1. The lowest BCUT2D eigenvalue weighted by atomic mass is 10.2. The average Bonchev–Trinajstić information content (AvgIpc) is 2.42. The van der Waals surface area contributed by atoms with Gasteiger partial charge in [-0.25, -0.2) is 4.79 Å². The Bertz CT molecular complexity index is 698. The van der Waals surface area contributed by atoms with E-state index < -0.39 is 11.7 Å². The summed E-state index contributed by atoms with van der Waals surface area (Å²) >= 11 is 3.46. The molecule has 0 aliphatic heterocycles. The molecule has 1 amide bonds. The minimum atomic E-state index is -0.517. The van der Waals surface area contributed by atoms with Crippen molar-refractivity contribution in [1.82, 2.24) is 10.3 Å². The molecule has 1 aromatic heterocycles. The van der Waals surface area contributed by atoms with Crippen molar-refractivity contribution in [2.45, 2.75) is 39.3 Å². The zero-order valence-corrected chi connectivity index (χ0v) is 15.3. The maximum Gasteiger partial charge on any atom is 0.407 e. The quantitative estimate of drug-likeness (QED) is 0.859. The van der Waals surface area contributed by atoms with Crippen LogP contribution in [0.4, 0.5) is 4.79 Å². The zero-order valence-electron chi connectivity index (χ0n) is 13.7. The molecule has 0 saturated heterocycles. The summed E-state index contributed by atoms with van der Waals surface area (Å²) in [6.45, 7) is 7.67. The molecule has 124 valence electrons. The first kappa shape index (κ1) is 17.5. The van der Waals surface area contributed by atoms with E-state index in [1.807, 2.05) is 45.9 Å². The van der Waals surface area contributed by atoms with Crippen molar-refractivity contribution in [2.75, 3.05) is 6.61 Å². The Hall–Kier alpha value is -1.82. The predicted octanol–water partition coefficient (Wildman–Crippen LogP) is 4.29. The van der Waals surface area contributed by atoms with E-state index in [-0.39, 0.29) is 6.04 Å². The standard InChI is InChI=1S/C17H21BrN2O3/c1-11(20-16(21)23-17(2,3)4)10-22-15-9-19-8-12-5-6-13(18)7-14(12)15/h5-9,11H,10H2,1-4H3,(H,20,21). The molecule has 1 atom stereocenters. The minimum Gasteiger partial charge on any atom is -0.489 e. The molecular formula is C17H21BrN2O3. The highest BCUT2D eigenvalue weighted by atomic mass is 79.9. The third-order valence-corrected chi connectivity index (χ3v) is 3.43. The first-order valence-electron chi connectivity index (χ1n) is 7.40. The molecule has 1 N–H and O–H groups in total. The summed E-state index contributed by atoms with van der Waals surface area (Å²) in [7, 11) is 0. The van der Waals surface area contributed by atoms with Gasteiger partial charge in [-0.15, -0.1) is 0 Å². The Morgan fingerprint density at radius 1 is 1.35 bits per heavy atom. The number of nitrogens with zero attached hydrogens (tertiary/aromatic N) is 1. The Morgan fingerprint density at radius 2 is 2.09 bits per heavy atom. The topological polar surface area (TPSA) is 60.5 Å². The number of benzene rings is 1. The van der Waals surface area contributed by atoms with Gasteiger partial charge in [0.05, 0.1) is 12.2 Å². The van der Waals surface area contributed by atoms with Crippen molar-refractivity contribution in [3.63, 3.8) is 0 Å². The van der Waals surface area contributed by atoms with Crippen molar-refractivity contribution in [3.05, 3.63) is 35.1 Å². The second kappa shape index (κ2) is 7.17. The van der Waals surface area contributed by atoms with Crippen molar-refractivity contribution in [1.29, 1.82) is 0 Å². The van der Waals surface area contributed by atoms with Gasteiger partial charge in [0.2, 0.25) is 0 Å². The number of ether oxygens (including phenoxy) is 2. The number of carbonyl (C=O) groups is 1. The largest absolute Gasteiger partial charge is 0.489 e. The third kappa shape index (κ3) is 5.39. The van der Waals surface area contributed by atoms with Crippen LogP contribution in [-0.4, -0.2) is 29.3 Å². The molecule has 0 radical (unpaired) electrons. The molecule has 1 heterocycles. The lowest BCUT2D eigenvalue weighted by Gasteiger charge is -2.22. The molecule has 0 aliphatic rings.